The summed E-state index contributed by atoms with van der Waals surface area (Å²) < 4.78 is 5.53. The van der Waals surface area contributed by atoms with Gasteiger partial charge in [0.25, 0.3) is 5.91 Å². The fourth-order valence-electron chi connectivity index (χ4n) is 5.15. The summed E-state index contributed by atoms with van der Waals surface area (Å²) in [7, 11) is 0. The summed E-state index contributed by atoms with van der Waals surface area (Å²) in [6.45, 7) is 3.32. The van der Waals surface area contributed by atoms with E-state index >= 15 is 0 Å². The summed E-state index contributed by atoms with van der Waals surface area (Å²) in [5, 5.41) is 14.8. The third-order valence-corrected chi connectivity index (χ3v) is 7.77. The molecule has 0 saturated carbocycles. The number of ether oxygens (including phenoxy) is 1. The Kier molecular flexibility index (Phi) is 10.8. The molecule has 2 aromatic rings. The maximum absolute atomic E-state index is 13.1. The highest BCUT2D eigenvalue weighted by atomic mass is 35.5. The Bertz CT molecular complexity index is 1260. The van der Waals surface area contributed by atoms with E-state index in [0.717, 1.165) is 25.7 Å². The van der Waals surface area contributed by atoms with E-state index in [1.54, 1.807) is 0 Å². The van der Waals surface area contributed by atoms with Crippen LogP contribution in [0.25, 0.3) is 0 Å². The normalized spacial score (nSPS) is 19.8. The molecule has 0 spiro atoms. The number of oxime groups is 1. The van der Waals surface area contributed by atoms with Gasteiger partial charge in [0.05, 0.1) is 22.9 Å². The minimum atomic E-state index is -0.488. The van der Waals surface area contributed by atoms with E-state index in [2.05, 4.69) is 35.5 Å². The minimum Gasteiger partial charge on any atom is -0.506 e. The molecule has 0 aromatic heterocycles. The lowest BCUT2D eigenvalue weighted by Gasteiger charge is -2.32. The predicted octanol–water partition coefficient (Wildman–Crippen LogP) is 6.38. The number of hydrogen-bond acceptors (Lipinski definition) is 6. The van der Waals surface area contributed by atoms with E-state index in [0.29, 0.717) is 54.3 Å². The Morgan fingerprint density at radius 3 is 2.60 bits per heavy atom. The Morgan fingerprint density at radius 2 is 1.85 bits per heavy atom. The minimum absolute atomic E-state index is 0.0783. The number of likely N-dealkylation sites (tertiary alicyclic amines) is 1. The highest BCUT2D eigenvalue weighted by Crippen LogP contribution is 2.34. The fraction of sp³-hybridized carbons (Fsp3) is 0.406. The maximum atomic E-state index is 13.1. The van der Waals surface area contributed by atoms with E-state index in [9.17, 15) is 14.7 Å². The van der Waals surface area contributed by atoms with Crippen molar-refractivity contribution >= 4 is 29.2 Å². The van der Waals surface area contributed by atoms with Crippen LogP contribution in [0.3, 0.4) is 0 Å². The van der Waals surface area contributed by atoms with E-state index in [1.807, 2.05) is 36.1 Å². The number of cyclic esters (lactones) is 1. The van der Waals surface area contributed by atoms with E-state index in [4.69, 9.17) is 21.2 Å². The number of piperidine rings is 1. The SMILES string of the molecule is CCc1cc(O)c(Cl)c2c1C(=O)OCC/C=C/CC/C=C/C(=N/OCC(=O)N1CCC(c3ccccc3)CC1)C2. The molecule has 4 rings (SSSR count). The molecule has 0 aliphatic carbocycles. The van der Waals surface area contributed by atoms with E-state index in [1.165, 1.54) is 11.6 Å². The molecule has 7 nitrogen and oxygen atoms in total. The average Bonchev–Trinajstić information content (AvgIpc) is 2.98. The van der Waals surface area contributed by atoms with Crippen LogP contribution in [-0.2, 0) is 27.2 Å². The molecule has 2 aliphatic heterocycles. The summed E-state index contributed by atoms with van der Waals surface area (Å²) in [6.07, 6.45) is 12.5. The van der Waals surface area contributed by atoms with E-state index < -0.39 is 5.97 Å². The number of carbonyl (C=O) groups excluding carboxylic acids is 2. The Hall–Kier alpha value is -3.58. The van der Waals surface area contributed by atoms with E-state index in [-0.39, 0.29) is 36.3 Å². The van der Waals surface area contributed by atoms with Gasteiger partial charge in [-0.15, -0.1) is 0 Å². The van der Waals surface area contributed by atoms with Gasteiger partial charge in [0.2, 0.25) is 0 Å². The molecule has 0 atom stereocenters. The van der Waals surface area contributed by atoms with Crippen molar-refractivity contribution in [2.75, 3.05) is 26.3 Å². The zero-order valence-corrected chi connectivity index (χ0v) is 23.7. The topological polar surface area (TPSA) is 88.4 Å². The number of aromatic hydroxyl groups is 1. The van der Waals surface area contributed by atoms with Gasteiger partial charge in [-0.2, -0.15) is 0 Å². The number of nitrogens with zero attached hydrogens (tertiary/aromatic N) is 2. The standard InChI is InChI=1S/C32H37ClN2O5/c1-2-23-20-28(36)31(33)27-21-26(14-10-5-3-4-6-11-19-39-32(38)30(23)27)34-40-22-29(37)35-17-15-25(16-18-35)24-12-8-7-9-13-24/h4,6-10,12-14,20,25,36H,2-3,5,11,15-19,21-22H2,1H3/b6-4+,14-10+,34-26-. The first kappa shape index (κ1) is 29.4. The van der Waals surface area contributed by atoms with Gasteiger partial charge in [-0.1, -0.05) is 72.2 Å². The number of hydrogen-bond donors (Lipinski definition) is 1. The van der Waals surface area contributed by atoms with Crippen LogP contribution in [0.4, 0.5) is 0 Å². The molecule has 0 bridgehead atoms. The van der Waals surface area contributed by atoms with Gasteiger partial charge in [-0.05, 0) is 73.3 Å². The van der Waals surface area contributed by atoms with Crippen molar-refractivity contribution in [3.05, 3.63) is 88.0 Å². The molecule has 1 saturated heterocycles. The Labute approximate surface area is 241 Å². The number of aryl methyl sites for hydroxylation is 1. The van der Waals surface area contributed by atoms with Crippen LogP contribution in [0.5, 0.6) is 5.75 Å². The predicted molar refractivity (Wildman–Crippen MR) is 157 cm³/mol. The maximum Gasteiger partial charge on any atom is 0.338 e. The lowest BCUT2D eigenvalue weighted by Crippen LogP contribution is -2.39. The summed E-state index contributed by atoms with van der Waals surface area (Å²) >= 11 is 6.51. The van der Waals surface area contributed by atoms with Crippen LogP contribution in [0.1, 0.15) is 72.0 Å². The summed E-state index contributed by atoms with van der Waals surface area (Å²) in [5.41, 5.74) is 3.21. The van der Waals surface area contributed by atoms with Gasteiger partial charge in [0.15, 0.2) is 6.61 Å². The number of allylic oxidation sites excluding steroid dienone is 3. The van der Waals surface area contributed by atoms with Crippen LogP contribution in [0, 0.1) is 0 Å². The summed E-state index contributed by atoms with van der Waals surface area (Å²) in [5.74, 6) is -0.249. The fourth-order valence-corrected chi connectivity index (χ4v) is 5.36. The van der Waals surface area contributed by atoms with Crippen LogP contribution >= 0.6 is 11.6 Å². The van der Waals surface area contributed by atoms with Crippen molar-refractivity contribution < 1.29 is 24.3 Å². The zero-order chi connectivity index (χ0) is 28.3. The second-order valence-corrected chi connectivity index (χ2v) is 10.4. The molecule has 1 fully saturated rings. The lowest BCUT2D eigenvalue weighted by atomic mass is 9.89. The Morgan fingerprint density at radius 1 is 1.12 bits per heavy atom. The highest BCUT2D eigenvalue weighted by Gasteiger charge is 2.25. The molecule has 2 heterocycles. The zero-order valence-electron chi connectivity index (χ0n) is 23.0. The number of esters is 1. The van der Waals surface area contributed by atoms with Crippen molar-refractivity contribution in [2.24, 2.45) is 5.16 Å². The lowest BCUT2D eigenvalue weighted by molar-refractivity contribution is -0.137. The number of fused-ring (bicyclic) bond motifs is 1. The molecule has 2 aromatic carbocycles. The molecule has 8 heteroatoms. The van der Waals surface area contributed by atoms with Gasteiger partial charge < -0.3 is 19.6 Å². The second-order valence-electron chi connectivity index (χ2n) is 10.1. The number of rotatable bonds is 5. The van der Waals surface area contributed by atoms with Crippen molar-refractivity contribution in [3.8, 4) is 5.75 Å². The number of phenolic OH excluding ortho intramolecular Hbond substituents is 1. The van der Waals surface area contributed by atoms with Gasteiger partial charge in [0, 0.05) is 19.5 Å². The summed E-state index contributed by atoms with van der Waals surface area (Å²) in [4.78, 5) is 33.3. The second kappa shape index (κ2) is 14.7. The first-order chi connectivity index (χ1) is 19.5. The summed E-state index contributed by atoms with van der Waals surface area (Å²) in [6, 6.07) is 11.9. The van der Waals surface area contributed by atoms with Crippen LogP contribution in [0.15, 0.2) is 65.9 Å². The van der Waals surface area contributed by atoms with Crippen molar-refractivity contribution in [3.63, 3.8) is 0 Å². The number of halogens is 1. The number of carbonyl (C=O) groups is 2. The van der Waals surface area contributed by atoms with Crippen LogP contribution in [-0.4, -0.2) is 53.9 Å². The molecule has 1 N–H and O–H groups in total. The molecule has 2 aliphatic rings. The van der Waals surface area contributed by atoms with Gasteiger partial charge in [-0.25, -0.2) is 4.79 Å². The number of benzene rings is 2. The largest absolute Gasteiger partial charge is 0.506 e. The van der Waals surface area contributed by atoms with Gasteiger partial charge in [0.1, 0.15) is 5.75 Å². The third kappa shape index (κ3) is 7.75. The molecule has 0 unspecified atom stereocenters. The first-order valence-electron chi connectivity index (χ1n) is 14.0. The first-order valence-corrected chi connectivity index (χ1v) is 14.4. The van der Waals surface area contributed by atoms with Gasteiger partial charge >= 0.3 is 5.97 Å². The van der Waals surface area contributed by atoms with Crippen LogP contribution in [0.2, 0.25) is 5.02 Å². The van der Waals surface area contributed by atoms with Crippen LogP contribution < -0.4 is 0 Å². The van der Waals surface area contributed by atoms with Crippen molar-refractivity contribution in [2.45, 2.75) is 57.8 Å². The number of phenols is 1. The number of amides is 1. The molecular formula is C32H37ClN2O5. The molecule has 40 heavy (non-hydrogen) atoms. The smallest absolute Gasteiger partial charge is 0.338 e. The monoisotopic (exact) mass is 564 g/mol. The molecular weight excluding hydrogens is 528 g/mol. The van der Waals surface area contributed by atoms with Gasteiger partial charge in [-0.3, -0.25) is 4.79 Å². The Balaban J connectivity index is 1.48. The molecule has 0 radical (unpaired) electrons. The molecule has 1 amide bonds. The third-order valence-electron chi connectivity index (χ3n) is 7.35. The van der Waals surface area contributed by atoms with Crippen molar-refractivity contribution in [1.29, 1.82) is 0 Å². The van der Waals surface area contributed by atoms with Crippen molar-refractivity contribution in [1.82, 2.24) is 4.90 Å². The highest BCUT2D eigenvalue weighted by molar-refractivity contribution is 6.33. The molecule has 212 valence electrons. The quantitative estimate of drug-likeness (QED) is 0.258. The average molecular weight is 565 g/mol.